The number of rotatable bonds is 4. The van der Waals surface area contributed by atoms with Gasteiger partial charge in [0, 0.05) is 23.7 Å². The second-order valence-electron chi connectivity index (χ2n) is 7.04. The van der Waals surface area contributed by atoms with E-state index < -0.39 is 0 Å². The maximum absolute atomic E-state index is 12.7. The number of aromatic nitrogens is 2. The van der Waals surface area contributed by atoms with Gasteiger partial charge in [-0.1, -0.05) is 47.5 Å². The molecule has 1 aliphatic rings. The van der Waals surface area contributed by atoms with Gasteiger partial charge in [0.05, 0.1) is 22.3 Å². The van der Waals surface area contributed by atoms with E-state index in [-0.39, 0.29) is 11.8 Å². The third-order valence-electron chi connectivity index (χ3n) is 5.04. The largest absolute Gasteiger partial charge is 0.354 e. The van der Waals surface area contributed by atoms with E-state index >= 15 is 0 Å². The van der Waals surface area contributed by atoms with Crippen molar-refractivity contribution in [3.8, 4) is 11.3 Å². The maximum Gasteiger partial charge on any atom is 0.229 e. The minimum Gasteiger partial charge on any atom is -0.354 e. The van der Waals surface area contributed by atoms with E-state index in [1.54, 1.807) is 6.07 Å². The summed E-state index contributed by atoms with van der Waals surface area (Å²) < 4.78 is 0. The van der Waals surface area contributed by atoms with Crippen molar-refractivity contribution in [2.45, 2.75) is 12.8 Å². The fraction of sp³-hybridized carbons (Fsp3) is 0.227. The van der Waals surface area contributed by atoms with Crippen LogP contribution < -0.4 is 10.2 Å². The standard InChI is InChI=1S/C22H20Cl2N4O/c23-17-9-7-15(8-10-17)19-11-12-21(27-26-19)28-13-3-4-16(14-28)22(29)25-20-6-2-1-5-18(20)24/h1-2,5-12,16H,3-4,13-14H2,(H,25,29). The van der Waals surface area contributed by atoms with E-state index in [1.807, 2.05) is 54.6 Å². The molecule has 1 saturated heterocycles. The number of carbonyl (C=O) groups is 1. The molecule has 2 aromatic carbocycles. The Labute approximate surface area is 179 Å². The van der Waals surface area contributed by atoms with Crippen molar-refractivity contribution in [2.24, 2.45) is 5.92 Å². The van der Waals surface area contributed by atoms with Crippen LogP contribution in [-0.2, 0) is 4.79 Å². The SMILES string of the molecule is O=C(Nc1ccccc1Cl)C1CCCN(c2ccc(-c3ccc(Cl)cc3)nn2)C1. The third-order valence-corrected chi connectivity index (χ3v) is 5.62. The van der Waals surface area contributed by atoms with Crippen LogP contribution in [0.5, 0.6) is 0 Å². The van der Waals surface area contributed by atoms with Crippen molar-refractivity contribution in [3.63, 3.8) is 0 Å². The number of piperidine rings is 1. The summed E-state index contributed by atoms with van der Waals surface area (Å²) in [4.78, 5) is 14.8. The average Bonchev–Trinajstić information content (AvgIpc) is 2.76. The van der Waals surface area contributed by atoms with E-state index in [2.05, 4.69) is 20.4 Å². The minimum atomic E-state index is -0.127. The molecule has 0 radical (unpaired) electrons. The molecule has 1 aliphatic heterocycles. The molecule has 2 heterocycles. The molecule has 4 rings (SSSR count). The Kier molecular flexibility index (Phi) is 5.97. The van der Waals surface area contributed by atoms with Crippen molar-refractivity contribution in [1.29, 1.82) is 0 Å². The monoisotopic (exact) mass is 426 g/mol. The molecule has 1 aromatic heterocycles. The van der Waals surface area contributed by atoms with Crippen molar-refractivity contribution in [2.75, 3.05) is 23.3 Å². The highest BCUT2D eigenvalue weighted by Crippen LogP contribution is 2.26. The van der Waals surface area contributed by atoms with E-state index in [1.165, 1.54) is 0 Å². The van der Waals surface area contributed by atoms with Crippen molar-refractivity contribution in [1.82, 2.24) is 10.2 Å². The molecule has 1 N–H and O–H groups in total. The Hall–Kier alpha value is -2.63. The first-order chi connectivity index (χ1) is 14.1. The second kappa shape index (κ2) is 8.80. The van der Waals surface area contributed by atoms with Gasteiger partial charge in [0.1, 0.15) is 0 Å². The lowest BCUT2D eigenvalue weighted by molar-refractivity contribution is -0.120. The lowest BCUT2D eigenvalue weighted by atomic mass is 9.97. The molecular formula is C22H20Cl2N4O. The van der Waals surface area contributed by atoms with Crippen LogP contribution in [0, 0.1) is 5.92 Å². The third kappa shape index (κ3) is 4.69. The normalized spacial score (nSPS) is 16.5. The number of hydrogen-bond donors (Lipinski definition) is 1. The number of nitrogens with zero attached hydrogens (tertiary/aromatic N) is 3. The number of carbonyl (C=O) groups excluding carboxylic acids is 1. The highest BCUT2D eigenvalue weighted by Gasteiger charge is 2.27. The number of hydrogen-bond acceptors (Lipinski definition) is 4. The van der Waals surface area contributed by atoms with Gasteiger partial charge in [-0.2, -0.15) is 0 Å². The van der Waals surface area contributed by atoms with E-state index in [0.717, 1.165) is 36.5 Å². The van der Waals surface area contributed by atoms with E-state index in [0.29, 0.717) is 22.3 Å². The number of benzene rings is 2. The molecule has 0 bridgehead atoms. The van der Waals surface area contributed by atoms with Crippen LogP contribution in [0.1, 0.15) is 12.8 Å². The highest BCUT2D eigenvalue weighted by atomic mass is 35.5. The topological polar surface area (TPSA) is 58.1 Å². The maximum atomic E-state index is 12.7. The summed E-state index contributed by atoms with van der Waals surface area (Å²) in [6, 6.07) is 18.7. The molecule has 0 saturated carbocycles. The van der Waals surface area contributed by atoms with Gasteiger partial charge < -0.3 is 10.2 Å². The van der Waals surface area contributed by atoms with Crippen molar-refractivity contribution < 1.29 is 4.79 Å². The Morgan fingerprint density at radius 3 is 2.52 bits per heavy atom. The van der Waals surface area contributed by atoms with E-state index in [9.17, 15) is 4.79 Å². The predicted molar refractivity (Wildman–Crippen MR) is 117 cm³/mol. The molecule has 0 spiro atoms. The first-order valence-electron chi connectivity index (χ1n) is 9.50. The summed E-state index contributed by atoms with van der Waals surface area (Å²) in [7, 11) is 0. The zero-order valence-corrected chi connectivity index (χ0v) is 17.2. The first kappa shape index (κ1) is 19.7. The van der Waals surface area contributed by atoms with Crippen LogP contribution in [0.25, 0.3) is 11.3 Å². The molecule has 1 unspecified atom stereocenters. The molecule has 0 aliphatic carbocycles. The van der Waals surface area contributed by atoms with Gasteiger partial charge >= 0.3 is 0 Å². The van der Waals surface area contributed by atoms with Gasteiger partial charge in [-0.05, 0) is 49.2 Å². The second-order valence-corrected chi connectivity index (χ2v) is 7.88. The molecule has 3 aromatic rings. The van der Waals surface area contributed by atoms with Gasteiger partial charge in [0.15, 0.2) is 5.82 Å². The molecule has 29 heavy (non-hydrogen) atoms. The van der Waals surface area contributed by atoms with E-state index in [4.69, 9.17) is 23.2 Å². The molecular weight excluding hydrogens is 407 g/mol. The number of nitrogens with one attached hydrogen (secondary N) is 1. The summed E-state index contributed by atoms with van der Waals surface area (Å²) in [5, 5.41) is 12.9. The summed E-state index contributed by atoms with van der Waals surface area (Å²) in [5.74, 6) is 0.629. The van der Waals surface area contributed by atoms with Gasteiger partial charge in [-0.15, -0.1) is 10.2 Å². The van der Waals surface area contributed by atoms with Crippen LogP contribution in [0.4, 0.5) is 11.5 Å². The quantitative estimate of drug-likeness (QED) is 0.614. The van der Waals surface area contributed by atoms with Crippen LogP contribution >= 0.6 is 23.2 Å². The zero-order chi connectivity index (χ0) is 20.2. The van der Waals surface area contributed by atoms with Gasteiger partial charge in [-0.25, -0.2) is 0 Å². The Balaban J connectivity index is 1.43. The van der Waals surface area contributed by atoms with Crippen LogP contribution in [0.15, 0.2) is 60.7 Å². The molecule has 7 heteroatoms. The summed E-state index contributed by atoms with van der Waals surface area (Å²) in [6.45, 7) is 1.45. The fourth-order valence-electron chi connectivity index (χ4n) is 3.47. The zero-order valence-electron chi connectivity index (χ0n) is 15.7. The predicted octanol–water partition coefficient (Wildman–Crippen LogP) is 5.31. The summed E-state index contributed by atoms with van der Waals surface area (Å²) in [6.07, 6.45) is 1.75. The van der Waals surface area contributed by atoms with Crippen molar-refractivity contribution >= 4 is 40.6 Å². The number of anilines is 2. The molecule has 1 amide bonds. The fourth-order valence-corrected chi connectivity index (χ4v) is 3.77. The number of amides is 1. The molecule has 1 fully saturated rings. The lowest BCUT2D eigenvalue weighted by Crippen LogP contribution is -2.41. The minimum absolute atomic E-state index is 0.0199. The van der Waals surface area contributed by atoms with Crippen molar-refractivity contribution in [3.05, 3.63) is 70.7 Å². The highest BCUT2D eigenvalue weighted by molar-refractivity contribution is 6.33. The number of para-hydroxylation sites is 1. The van der Waals surface area contributed by atoms with Crippen LogP contribution in [0.3, 0.4) is 0 Å². The molecule has 1 atom stereocenters. The number of halogens is 2. The lowest BCUT2D eigenvalue weighted by Gasteiger charge is -2.32. The Morgan fingerprint density at radius 1 is 1.00 bits per heavy atom. The summed E-state index contributed by atoms with van der Waals surface area (Å²) >= 11 is 12.1. The Bertz CT molecular complexity index is 992. The molecule has 5 nitrogen and oxygen atoms in total. The van der Waals surface area contributed by atoms with Crippen LogP contribution in [-0.4, -0.2) is 29.2 Å². The Morgan fingerprint density at radius 2 is 1.79 bits per heavy atom. The van der Waals surface area contributed by atoms with Gasteiger partial charge in [-0.3, -0.25) is 4.79 Å². The van der Waals surface area contributed by atoms with Gasteiger partial charge in [0.25, 0.3) is 0 Å². The first-order valence-corrected chi connectivity index (χ1v) is 10.3. The van der Waals surface area contributed by atoms with Crippen LogP contribution in [0.2, 0.25) is 10.0 Å². The summed E-state index contributed by atoms with van der Waals surface area (Å²) in [5.41, 5.74) is 2.39. The smallest absolute Gasteiger partial charge is 0.229 e. The molecule has 148 valence electrons. The average molecular weight is 427 g/mol. The van der Waals surface area contributed by atoms with Gasteiger partial charge in [0.2, 0.25) is 5.91 Å².